The van der Waals surface area contributed by atoms with Gasteiger partial charge in [-0.15, -0.1) is 0 Å². The van der Waals surface area contributed by atoms with Crippen LogP contribution in [0.5, 0.6) is 0 Å². The molecule has 0 N–H and O–H groups in total. The number of hydrogen-bond donors (Lipinski definition) is 0. The zero-order valence-electron chi connectivity index (χ0n) is 14.4. The van der Waals surface area contributed by atoms with Gasteiger partial charge in [-0.25, -0.2) is 0 Å². The topological polar surface area (TPSA) is 12.5 Å². The highest BCUT2D eigenvalue weighted by Crippen LogP contribution is 2.65. The fourth-order valence-electron chi connectivity index (χ4n) is 7.85. The third-order valence-corrected chi connectivity index (χ3v) is 9.03. The van der Waals surface area contributed by atoms with E-state index >= 15 is 0 Å². The molecule has 1 nitrogen and oxygen atoms in total. The summed E-state index contributed by atoms with van der Waals surface area (Å²) in [5, 5.41) is 0. The average Bonchev–Trinajstić information content (AvgIpc) is 3.30. The van der Waals surface area contributed by atoms with Gasteiger partial charge in [0.1, 0.15) is 0 Å². The molecule has 0 spiro atoms. The quantitative estimate of drug-likeness (QED) is 0.619. The normalized spacial score (nSPS) is 56.9. The molecule has 1 heteroatoms. The number of rotatable bonds is 2. The molecule has 0 radical (unpaired) electrons. The van der Waals surface area contributed by atoms with Gasteiger partial charge in [-0.1, -0.05) is 26.2 Å². The first kappa shape index (κ1) is 14.3. The Morgan fingerprint density at radius 3 is 2.59 bits per heavy atom. The summed E-state index contributed by atoms with van der Waals surface area (Å²) in [6.07, 6.45) is 17.6. The van der Waals surface area contributed by atoms with Crippen LogP contribution in [0.3, 0.4) is 0 Å². The first-order valence-electron chi connectivity index (χ1n) is 10.4. The van der Waals surface area contributed by atoms with E-state index in [0.29, 0.717) is 11.5 Å². The molecule has 5 aliphatic rings. The molecule has 0 bridgehead atoms. The number of ether oxygens (including phenoxy) is 1. The Hall–Kier alpha value is -0.0400. The highest BCUT2D eigenvalue weighted by Gasteiger charge is 2.57. The van der Waals surface area contributed by atoms with Crippen LogP contribution in [0.4, 0.5) is 0 Å². The number of hydrogen-bond acceptors (Lipinski definition) is 1. The molecule has 1 aliphatic heterocycles. The summed E-state index contributed by atoms with van der Waals surface area (Å²) < 4.78 is 5.57. The molecule has 22 heavy (non-hydrogen) atoms. The van der Waals surface area contributed by atoms with E-state index in [1.54, 1.807) is 44.9 Å². The van der Waals surface area contributed by atoms with Gasteiger partial charge in [0.15, 0.2) is 0 Å². The van der Waals surface area contributed by atoms with E-state index in [0.717, 1.165) is 42.1 Å². The summed E-state index contributed by atoms with van der Waals surface area (Å²) in [5.41, 5.74) is 0.675. The van der Waals surface area contributed by atoms with Gasteiger partial charge in [-0.05, 0) is 92.3 Å². The van der Waals surface area contributed by atoms with Gasteiger partial charge in [0.05, 0.1) is 12.7 Å². The third kappa shape index (κ3) is 2.14. The largest absolute Gasteiger partial charge is 0.373 e. The van der Waals surface area contributed by atoms with Gasteiger partial charge >= 0.3 is 0 Å². The van der Waals surface area contributed by atoms with Crippen molar-refractivity contribution in [2.75, 3.05) is 6.61 Å². The summed E-state index contributed by atoms with van der Waals surface area (Å²) >= 11 is 0. The van der Waals surface area contributed by atoms with Crippen molar-refractivity contribution in [2.24, 2.45) is 40.9 Å². The van der Waals surface area contributed by atoms with Gasteiger partial charge in [-0.3, -0.25) is 0 Å². The van der Waals surface area contributed by atoms with Crippen molar-refractivity contribution in [3.8, 4) is 0 Å². The van der Waals surface area contributed by atoms with E-state index in [9.17, 15) is 0 Å². The predicted octanol–water partition coefficient (Wildman–Crippen LogP) is 5.43. The lowest BCUT2D eigenvalue weighted by molar-refractivity contribution is -0.0634. The highest BCUT2D eigenvalue weighted by atomic mass is 16.6. The van der Waals surface area contributed by atoms with Crippen LogP contribution in [-0.2, 0) is 4.74 Å². The molecule has 7 unspecified atom stereocenters. The molecule has 4 aliphatic carbocycles. The van der Waals surface area contributed by atoms with Gasteiger partial charge in [0.2, 0.25) is 0 Å². The van der Waals surface area contributed by atoms with E-state index in [2.05, 4.69) is 6.92 Å². The van der Waals surface area contributed by atoms with Crippen LogP contribution in [0.1, 0.15) is 77.6 Å². The zero-order chi connectivity index (χ0) is 14.7. The molecule has 5 rings (SSSR count). The molecule has 0 aromatic carbocycles. The van der Waals surface area contributed by atoms with E-state index in [1.165, 1.54) is 25.7 Å². The predicted molar refractivity (Wildman–Crippen MR) is 89.6 cm³/mol. The van der Waals surface area contributed by atoms with Crippen molar-refractivity contribution in [1.29, 1.82) is 0 Å². The lowest BCUT2D eigenvalue weighted by Gasteiger charge is -2.56. The smallest absolute Gasteiger partial charge is 0.0812 e. The monoisotopic (exact) mass is 302 g/mol. The molecular weight excluding hydrogens is 268 g/mol. The highest BCUT2D eigenvalue weighted by molar-refractivity contribution is 5.06. The second kappa shape index (κ2) is 5.23. The summed E-state index contributed by atoms with van der Waals surface area (Å²) in [7, 11) is 0. The molecule has 8 atom stereocenters. The average molecular weight is 303 g/mol. The van der Waals surface area contributed by atoms with E-state index in [1.807, 2.05) is 0 Å². The van der Waals surface area contributed by atoms with Crippen molar-refractivity contribution < 1.29 is 4.74 Å². The van der Waals surface area contributed by atoms with E-state index < -0.39 is 0 Å². The number of fused-ring (bicyclic) bond motifs is 5. The Labute approximate surface area is 136 Å². The van der Waals surface area contributed by atoms with Crippen LogP contribution in [0, 0.1) is 40.9 Å². The minimum Gasteiger partial charge on any atom is -0.373 e. The SMILES string of the molecule is C[C@]12CCC3C4CCCCC4CCC3C1CCC2CC1CO1. The first-order chi connectivity index (χ1) is 10.8. The fraction of sp³-hybridized carbons (Fsp3) is 1.00. The van der Waals surface area contributed by atoms with Crippen LogP contribution in [0.2, 0.25) is 0 Å². The van der Waals surface area contributed by atoms with Crippen molar-refractivity contribution >= 4 is 0 Å². The molecule has 1 saturated heterocycles. The maximum Gasteiger partial charge on any atom is 0.0812 e. The molecule has 0 amide bonds. The van der Waals surface area contributed by atoms with Gasteiger partial charge in [-0.2, -0.15) is 0 Å². The van der Waals surface area contributed by atoms with Crippen molar-refractivity contribution in [3.63, 3.8) is 0 Å². The lowest BCUT2D eigenvalue weighted by Crippen LogP contribution is -2.48. The molecular formula is C21H34O. The van der Waals surface area contributed by atoms with Crippen LogP contribution in [-0.4, -0.2) is 12.7 Å². The zero-order valence-corrected chi connectivity index (χ0v) is 14.4. The summed E-state index contributed by atoms with van der Waals surface area (Å²) in [6, 6.07) is 0. The minimum absolute atomic E-state index is 0.646. The second-order valence-corrected chi connectivity index (χ2v) is 9.73. The van der Waals surface area contributed by atoms with E-state index in [4.69, 9.17) is 4.74 Å². The molecule has 0 aromatic rings. The van der Waals surface area contributed by atoms with Crippen LogP contribution >= 0.6 is 0 Å². The standard InChI is InChI=1S/C21H34O/c1-21-11-10-18-17-5-3-2-4-14(17)6-8-19(18)20(21)9-7-15(21)12-16-13-22-16/h14-20H,2-13H2,1H3/t14?,15?,16?,17?,18?,19?,20?,21-/m1/s1. The van der Waals surface area contributed by atoms with Crippen molar-refractivity contribution in [2.45, 2.75) is 83.7 Å². The Kier molecular flexibility index (Phi) is 3.40. The minimum atomic E-state index is 0.646. The van der Waals surface area contributed by atoms with Crippen LogP contribution in [0.25, 0.3) is 0 Å². The van der Waals surface area contributed by atoms with Gasteiger partial charge in [0, 0.05) is 0 Å². The Morgan fingerprint density at radius 1 is 0.864 bits per heavy atom. The summed E-state index contributed by atoms with van der Waals surface area (Å²) in [5.74, 6) is 6.52. The maximum atomic E-state index is 5.57. The lowest BCUT2D eigenvalue weighted by atomic mass is 9.49. The Bertz CT molecular complexity index is 428. The molecule has 4 saturated carbocycles. The molecule has 0 aromatic heterocycles. The Balaban J connectivity index is 1.36. The number of epoxide rings is 1. The summed E-state index contributed by atoms with van der Waals surface area (Å²) in [4.78, 5) is 0. The van der Waals surface area contributed by atoms with Gasteiger partial charge < -0.3 is 4.74 Å². The molecule has 5 fully saturated rings. The molecule has 1 heterocycles. The van der Waals surface area contributed by atoms with Crippen molar-refractivity contribution in [3.05, 3.63) is 0 Å². The van der Waals surface area contributed by atoms with Gasteiger partial charge in [0.25, 0.3) is 0 Å². The van der Waals surface area contributed by atoms with Crippen molar-refractivity contribution in [1.82, 2.24) is 0 Å². The summed E-state index contributed by atoms with van der Waals surface area (Å²) in [6.45, 7) is 3.74. The third-order valence-electron chi connectivity index (χ3n) is 9.03. The molecule has 124 valence electrons. The first-order valence-corrected chi connectivity index (χ1v) is 10.4. The Morgan fingerprint density at radius 2 is 1.73 bits per heavy atom. The maximum absolute atomic E-state index is 5.57. The second-order valence-electron chi connectivity index (χ2n) is 9.73. The fourth-order valence-corrected chi connectivity index (χ4v) is 7.85. The van der Waals surface area contributed by atoms with Crippen LogP contribution in [0.15, 0.2) is 0 Å². The van der Waals surface area contributed by atoms with Crippen LogP contribution < -0.4 is 0 Å². The van der Waals surface area contributed by atoms with E-state index in [-0.39, 0.29) is 0 Å².